The van der Waals surface area contributed by atoms with E-state index in [1.54, 1.807) is 7.05 Å². The molecule has 1 heterocycles. The van der Waals surface area contributed by atoms with Gasteiger partial charge in [-0.2, -0.15) is 13.2 Å². The van der Waals surface area contributed by atoms with Crippen LogP contribution >= 0.6 is 0 Å². The van der Waals surface area contributed by atoms with Crippen molar-refractivity contribution in [3.63, 3.8) is 0 Å². The largest absolute Gasteiger partial charge is 0.401 e. The molecule has 1 saturated heterocycles. The van der Waals surface area contributed by atoms with Gasteiger partial charge in [-0.1, -0.05) is 26.2 Å². The SMILES string of the molecule is CN=C(NCC1CCCCC1C)NC1CCN(CC(F)(F)F)C1. The minimum absolute atomic E-state index is 0.0346. The standard InChI is InChI=1S/C16H29F3N4/c1-12-5-3-4-6-13(12)9-21-15(20-2)22-14-7-8-23(10-14)11-16(17,18)19/h12-14H,3-11H2,1-2H3,(H2,20,21,22). The number of hydrogen-bond acceptors (Lipinski definition) is 2. The Hall–Kier alpha value is -0.980. The number of nitrogens with zero attached hydrogens (tertiary/aromatic N) is 2. The van der Waals surface area contributed by atoms with Crippen LogP contribution in [0.1, 0.15) is 39.0 Å². The molecule has 0 aromatic carbocycles. The normalized spacial score (nSPS) is 30.5. The minimum Gasteiger partial charge on any atom is -0.356 e. The fourth-order valence-corrected chi connectivity index (χ4v) is 3.66. The number of hydrogen-bond donors (Lipinski definition) is 2. The van der Waals surface area contributed by atoms with Crippen LogP contribution in [0.5, 0.6) is 0 Å². The van der Waals surface area contributed by atoms with Crippen molar-refractivity contribution in [3.05, 3.63) is 0 Å². The summed E-state index contributed by atoms with van der Waals surface area (Å²) in [5.41, 5.74) is 0. The van der Waals surface area contributed by atoms with Crippen LogP contribution in [0.25, 0.3) is 0 Å². The summed E-state index contributed by atoms with van der Waals surface area (Å²) < 4.78 is 37.3. The summed E-state index contributed by atoms with van der Waals surface area (Å²) in [6.07, 6.45) is 1.74. The zero-order valence-corrected chi connectivity index (χ0v) is 14.1. The highest BCUT2D eigenvalue weighted by molar-refractivity contribution is 5.80. The Morgan fingerprint density at radius 2 is 1.96 bits per heavy atom. The lowest BCUT2D eigenvalue weighted by Gasteiger charge is -2.29. The molecule has 3 unspecified atom stereocenters. The predicted octanol–water partition coefficient (Wildman–Crippen LogP) is 2.61. The van der Waals surface area contributed by atoms with Gasteiger partial charge in [0.05, 0.1) is 6.54 Å². The van der Waals surface area contributed by atoms with Gasteiger partial charge in [0.1, 0.15) is 0 Å². The fourth-order valence-electron chi connectivity index (χ4n) is 3.66. The van der Waals surface area contributed by atoms with E-state index in [0.717, 1.165) is 18.9 Å². The molecule has 0 amide bonds. The maximum absolute atomic E-state index is 12.4. The van der Waals surface area contributed by atoms with Gasteiger partial charge < -0.3 is 10.6 Å². The maximum Gasteiger partial charge on any atom is 0.401 e. The molecule has 4 nitrogen and oxygen atoms in total. The van der Waals surface area contributed by atoms with Gasteiger partial charge in [0, 0.05) is 32.7 Å². The van der Waals surface area contributed by atoms with E-state index in [-0.39, 0.29) is 6.04 Å². The van der Waals surface area contributed by atoms with Gasteiger partial charge in [-0.05, 0) is 24.7 Å². The number of halogens is 3. The first-order valence-corrected chi connectivity index (χ1v) is 8.63. The summed E-state index contributed by atoms with van der Waals surface area (Å²) in [7, 11) is 1.71. The molecule has 1 saturated carbocycles. The van der Waals surface area contributed by atoms with Gasteiger partial charge >= 0.3 is 6.18 Å². The van der Waals surface area contributed by atoms with Crippen LogP contribution < -0.4 is 10.6 Å². The maximum atomic E-state index is 12.4. The summed E-state index contributed by atoms with van der Waals surface area (Å²) >= 11 is 0. The van der Waals surface area contributed by atoms with Crippen molar-refractivity contribution in [1.82, 2.24) is 15.5 Å². The van der Waals surface area contributed by atoms with E-state index < -0.39 is 12.7 Å². The van der Waals surface area contributed by atoms with Crippen molar-refractivity contribution in [2.75, 3.05) is 33.2 Å². The second-order valence-electron chi connectivity index (χ2n) is 6.96. The van der Waals surface area contributed by atoms with Gasteiger partial charge in [0.15, 0.2) is 5.96 Å². The first kappa shape index (κ1) is 18.4. The zero-order valence-electron chi connectivity index (χ0n) is 14.1. The van der Waals surface area contributed by atoms with E-state index in [4.69, 9.17) is 0 Å². The van der Waals surface area contributed by atoms with E-state index >= 15 is 0 Å². The Balaban J connectivity index is 1.73. The molecule has 0 aromatic heterocycles. The monoisotopic (exact) mass is 334 g/mol. The van der Waals surface area contributed by atoms with Crippen LogP contribution in [0.4, 0.5) is 13.2 Å². The quantitative estimate of drug-likeness (QED) is 0.613. The predicted molar refractivity (Wildman–Crippen MR) is 86.5 cm³/mol. The van der Waals surface area contributed by atoms with Crippen LogP contribution in [0.2, 0.25) is 0 Å². The second kappa shape index (κ2) is 8.22. The third-order valence-corrected chi connectivity index (χ3v) is 5.06. The third-order valence-electron chi connectivity index (χ3n) is 5.06. The van der Waals surface area contributed by atoms with Crippen molar-refractivity contribution in [3.8, 4) is 0 Å². The van der Waals surface area contributed by atoms with E-state index in [2.05, 4.69) is 22.5 Å². The lowest BCUT2D eigenvalue weighted by Crippen LogP contribution is -2.47. The number of guanidine groups is 1. The average molecular weight is 334 g/mol. The van der Waals surface area contributed by atoms with Crippen LogP contribution in [0.15, 0.2) is 4.99 Å². The van der Waals surface area contributed by atoms with Gasteiger partial charge in [0.25, 0.3) is 0 Å². The molecule has 0 aromatic rings. The van der Waals surface area contributed by atoms with Gasteiger partial charge in [-0.15, -0.1) is 0 Å². The third kappa shape index (κ3) is 6.20. The van der Waals surface area contributed by atoms with Crippen molar-refractivity contribution in [2.24, 2.45) is 16.8 Å². The molecule has 1 aliphatic carbocycles. The van der Waals surface area contributed by atoms with E-state index in [0.29, 0.717) is 25.0 Å². The fraction of sp³-hybridized carbons (Fsp3) is 0.938. The molecule has 2 fully saturated rings. The molecule has 1 aliphatic heterocycles. The van der Waals surface area contributed by atoms with Crippen molar-refractivity contribution in [2.45, 2.75) is 51.2 Å². The summed E-state index contributed by atoms with van der Waals surface area (Å²) in [6, 6.07) is 0.0346. The highest BCUT2D eigenvalue weighted by Crippen LogP contribution is 2.28. The molecule has 0 radical (unpaired) electrons. The zero-order chi connectivity index (χ0) is 16.9. The van der Waals surface area contributed by atoms with E-state index in [1.807, 2.05) is 0 Å². The van der Waals surface area contributed by atoms with Gasteiger partial charge in [-0.25, -0.2) is 0 Å². The molecular formula is C16H29F3N4. The number of nitrogens with one attached hydrogen (secondary N) is 2. The number of rotatable bonds is 4. The van der Waals surface area contributed by atoms with Crippen LogP contribution in [0, 0.1) is 11.8 Å². The van der Waals surface area contributed by atoms with Crippen molar-refractivity contribution >= 4 is 5.96 Å². The van der Waals surface area contributed by atoms with Crippen LogP contribution in [-0.4, -0.2) is 56.3 Å². The molecule has 2 N–H and O–H groups in total. The summed E-state index contributed by atoms with van der Waals surface area (Å²) in [5.74, 6) is 2.09. The second-order valence-corrected chi connectivity index (χ2v) is 6.96. The van der Waals surface area contributed by atoms with Crippen LogP contribution in [0.3, 0.4) is 0 Å². The van der Waals surface area contributed by atoms with Crippen molar-refractivity contribution < 1.29 is 13.2 Å². The van der Waals surface area contributed by atoms with E-state index in [9.17, 15) is 13.2 Å². The molecular weight excluding hydrogens is 305 g/mol. The lowest BCUT2D eigenvalue weighted by atomic mass is 9.80. The molecule has 2 rings (SSSR count). The van der Waals surface area contributed by atoms with Crippen molar-refractivity contribution in [1.29, 1.82) is 0 Å². The highest BCUT2D eigenvalue weighted by atomic mass is 19.4. The number of aliphatic imine (C=N–C) groups is 1. The molecule has 134 valence electrons. The molecule has 0 spiro atoms. The number of alkyl halides is 3. The first-order chi connectivity index (χ1) is 10.9. The Labute approximate surface area is 136 Å². The molecule has 2 aliphatic rings. The van der Waals surface area contributed by atoms with Gasteiger partial charge in [0.2, 0.25) is 0 Å². The Morgan fingerprint density at radius 1 is 1.22 bits per heavy atom. The number of likely N-dealkylation sites (tertiary alicyclic amines) is 1. The Bertz CT molecular complexity index is 397. The minimum atomic E-state index is -4.12. The Kier molecular flexibility index (Phi) is 6.56. The summed E-state index contributed by atoms with van der Waals surface area (Å²) in [6.45, 7) is 3.26. The highest BCUT2D eigenvalue weighted by Gasteiger charge is 2.34. The van der Waals surface area contributed by atoms with E-state index in [1.165, 1.54) is 30.6 Å². The summed E-state index contributed by atoms with van der Waals surface area (Å²) in [4.78, 5) is 5.67. The van der Waals surface area contributed by atoms with Gasteiger partial charge in [-0.3, -0.25) is 9.89 Å². The topological polar surface area (TPSA) is 39.7 Å². The Morgan fingerprint density at radius 3 is 2.61 bits per heavy atom. The smallest absolute Gasteiger partial charge is 0.356 e. The average Bonchev–Trinajstić information content (AvgIpc) is 2.90. The molecule has 23 heavy (non-hydrogen) atoms. The first-order valence-electron chi connectivity index (χ1n) is 8.63. The molecule has 0 bridgehead atoms. The lowest BCUT2D eigenvalue weighted by molar-refractivity contribution is -0.143. The molecule has 3 atom stereocenters. The summed E-state index contributed by atoms with van der Waals surface area (Å²) in [5, 5.41) is 6.62. The molecule has 7 heteroatoms. The van der Waals surface area contributed by atoms with Crippen LogP contribution in [-0.2, 0) is 0 Å².